The fourth-order valence-corrected chi connectivity index (χ4v) is 4.64. The number of ether oxygens (including phenoxy) is 1. The van der Waals surface area contributed by atoms with E-state index in [4.69, 9.17) is 27.9 Å². The normalized spacial score (nSPS) is 14.5. The summed E-state index contributed by atoms with van der Waals surface area (Å²) >= 11 is 12.2. The Hall–Kier alpha value is -2.56. The lowest BCUT2D eigenvalue weighted by Crippen LogP contribution is -2.49. The first-order valence-electron chi connectivity index (χ1n) is 9.08. The van der Waals surface area contributed by atoms with Crippen molar-refractivity contribution >= 4 is 50.3 Å². The Bertz CT molecular complexity index is 1120. The molecule has 1 amide bonds. The average Bonchev–Trinajstić information content (AvgIpc) is 2.72. The fourth-order valence-electron chi connectivity index (χ4n) is 3.36. The second-order valence-corrected chi connectivity index (χ2v) is 9.76. The van der Waals surface area contributed by atoms with E-state index in [-0.39, 0.29) is 32.3 Å². The van der Waals surface area contributed by atoms with E-state index in [1.807, 2.05) is 0 Å². The smallest absolute Gasteiger partial charge is 0.293 e. The molecule has 0 atom stereocenters. The van der Waals surface area contributed by atoms with Crippen molar-refractivity contribution in [3.05, 3.63) is 56.1 Å². The van der Waals surface area contributed by atoms with Crippen LogP contribution in [0.3, 0.4) is 0 Å². The highest BCUT2D eigenvalue weighted by molar-refractivity contribution is 7.90. The number of hydrogen-bond donors (Lipinski definition) is 0. The largest absolute Gasteiger partial charge is 0.494 e. The zero-order valence-corrected chi connectivity index (χ0v) is 19.0. The van der Waals surface area contributed by atoms with Crippen molar-refractivity contribution in [3.8, 4) is 5.75 Å². The molecule has 2 aromatic carbocycles. The summed E-state index contributed by atoms with van der Waals surface area (Å²) in [4.78, 5) is 27.0. The molecular formula is C19H19Cl2N3O6S. The Morgan fingerprint density at radius 3 is 2.16 bits per heavy atom. The maximum atomic E-state index is 12.9. The molecule has 3 rings (SSSR count). The number of nitrogens with zero attached hydrogens (tertiary/aromatic N) is 3. The van der Waals surface area contributed by atoms with Gasteiger partial charge >= 0.3 is 0 Å². The molecule has 0 aromatic heterocycles. The van der Waals surface area contributed by atoms with Gasteiger partial charge in [-0.3, -0.25) is 14.9 Å². The van der Waals surface area contributed by atoms with Gasteiger partial charge < -0.3 is 14.5 Å². The van der Waals surface area contributed by atoms with Crippen molar-refractivity contribution < 1.29 is 22.9 Å². The summed E-state index contributed by atoms with van der Waals surface area (Å²) in [6.07, 6.45) is 0.994. The van der Waals surface area contributed by atoms with E-state index in [0.717, 1.165) is 12.3 Å². The molecule has 0 spiro atoms. The lowest BCUT2D eigenvalue weighted by atomic mass is 10.1. The third kappa shape index (κ3) is 4.86. The van der Waals surface area contributed by atoms with Crippen LogP contribution in [0.25, 0.3) is 0 Å². The minimum atomic E-state index is -3.58. The van der Waals surface area contributed by atoms with Crippen molar-refractivity contribution in [1.82, 2.24) is 4.90 Å². The number of hydrogen-bond acceptors (Lipinski definition) is 7. The molecule has 1 aliphatic heterocycles. The molecule has 166 valence electrons. The zero-order valence-electron chi connectivity index (χ0n) is 16.7. The fraction of sp³-hybridized carbons (Fsp3) is 0.316. The van der Waals surface area contributed by atoms with Gasteiger partial charge in [0, 0.05) is 44.1 Å². The Balaban J connectivity index is 1.78. The van der Waals surface area contributed by atoms with Crippen molar-refractivity contribution in [3.63, 3.8) is 0 Å². The van der Waals surface area contributed by atoms with Crippen LogP contribution in [0.15, 0.2) is 35.2 Å². The molecule has 1 fully saturated rings. The van der Waals surface area contributed by atoms with Gasteiger partial charge in [0.2, 0.25) is 0 Å². The monoisotopic (exact) mass is 487 g/mol. The molecule has 9 nitrogen and oxygen atoms in total. The first kappa shape index (κ1) is 23.1. The minimum absolute atomic E-state index is 0.120. The first-order valence-corrected chi connectivity index (χ1v) is 11.7. The molecule has 0 radical (unpaired) electrons. The summed E-state index contributed by atoms with van der Waals surface area (Å²) < 4.78 is 28.5. The number of benzene rings is 2. The molecule has 0 saturated carbocycles. The summed E-state index contributed by atoms with van der Waals surface area (Å²) in [6.45, 7) is 1.29. The molecule has 0 unspecified atom stereocenters. The van der Waals surface area contributed by atoms with Crippen LogP contribution in [0.4, 0.5) is 11.4 Å². The third-order valence-corrected chi connectivity index (χ3v) is 6.60. The van der Waals surface area contributed by atoms with Crippen LogP contribution in [0, 0.1) is 10.1 Å². The van der Waals surface area contributed by atoms with E-state index in [2.05, 4.69) is 0 Å². The van der Waals surface area contributed by atoms with Gasteiger partial charge in [0.05, 0.1) is 27.0 Å². The number of carbonyl (C=O) groups is 1. The Kier molecular flexibility index (Phi) is 6.63. The summed E-state index contributed by atoms with van der Waals surface area (Å²) in [5.74, 6) is 0.0163. The molecule has 12 heteroatoms. The molecule has 2 aromatic rings. The van der Waals surface area contributed by atoms with E-state index in [1.54, 1.807) is 9.80 Å². The van der Waals surface area contributed by atoms with Gasteiger partial charge in [-0.2, -0.15) is 0 Å². The molecule has 31 heavy (non-hydrogen) atoms. The first-order chi connectivity index (χ1) is 14.5. The molecule has 0 aliphatic carbocycles. The Morgan fingerprint density at radius 2 is 1.68 bits per heavy atom. The number of methoxy groups -OCH3 is 1. The van der Waals surface area contributed by atoms with Crippen LogP contribution in [-0.2, 0) is 9.84 Å². The van der Waals surface area contributed by atoms with E-state index >= 15 is 0 Å². The number of nitro benzene ring substituents is 1. The van der Waals surface area contributed by atoms with Crippen molar-refractivity contribution in [2.24, 2.45) is 0 Å². The number of sulfone groups is 1. The summed E-state index contributed by atoms with van der Waals surface area (Å²) in [5, 5.41) is 11.9. The maximum absolute atomic E-state index is 12.9. The number of nitro groups is 1. The van der Waals surface area contributed by atoms with Gasteiger partial charge in [0.15, 0.2) is 15.6 Å². The van der Waals surface area contributed by atoms with Gasteiger partial charge in [0.1, 0.15) is 5.69 Å². The zero-order chi connectivity index (χ0) is 22.9. The van der Waals surface area contributed by atoms with Crippen LogP contribution in [0.2, 0.25) is 10.0 Å². The van der Waals surface area contributed by atoms with Crippen LogP contribution in [-0.4, -0.2) is 63.7 Å². The van der Waals surface area contributed by atoms with Gasteiger partial charge in [-0.05, 0) is 24.3 Å². The van der Waals surface area contributed by atoms with Crippen molar-refractivity contribution in [1.29, 1.82) is 0 Å². The predicted molar refractivity (Wildman–Crippen MR) is 117 cm³/mol. The van der Waals surface area contributed by atoms with Crippen LogP contribution in [0.5, 0.6) is 5.75 Å². The average molecular weight is 488 g/mol. The quantitative estimate of drug-likeness (QED) is 0.469. The van der Waals surface area contributed by atoms with Gasteiger partial charge in [-0.25, -0.2) is 8.42 Å². The van der Waals surface area contributed by atoms with E-state index in [1.165, 1.54) is 31.4 Å². The number of rotatable bonds is 5. The SMILES string of the molecule is COc1c(Cl)cc(C(=O)N2CCN(c3ccc(S(C)(=O)=O)cc3[N+](=O)[O-])CC2)cc1Cl. The number of halogens is 2. The van der Waals surface area contributed by atoms with E-state index in [9.17, 15) is 23.3 Å². The lowest BCUT2D eigenvalue weighted by Gasteiger charge is -2.36. The molecule has 1 aliphatic rings. The Labute approximate surface area is 189 Å². The molecular weight excluding hydrogens is 469 g/mol. The van der Waals surface area contributed by atoms with Crippen molar-refractivity contribution in [2.45, 2.75) is 4.90 Å². The summed E-state index contributed by atoms with van der Waals surface area (Å²) in [5.41, 5.74) is 0.323. The summed E-state index contributed by atoms with van der Waals surface area (Å²) in [7, 11) is -2.15. The van der Waals surface area contributed by atoms with Gasteiger partial charge in [-0.15, -0.1) is 0 Å². The highest BCUT2D eigenvalue weighted by Crippen LogP contribution is 2.35. The molecule has 1 saturated heterocycles. The molecule has 0 N–H and O–H groups in total. The lowest BCUT2D eigenvalue weighted by molar-refractivity contribution is -0.384. The van der Waals surface area contributed by atoms with Gasteiger partial charge in [0.25, 0.3) is 11.6 Å². The van der Waals surface area contributed by atoms with Crippen molar-refractivity contribution in [2.75, 3.05) is 44.4 Å². The van der Waals surface area contributed by atoms with Crippen LogP contribution < -0.4 is 9.64 Å². The Morgan fingerprint density at radius 1 is 1.10 bits per heavy atom. The standard InChI is InChI=1S/C19H19Cl2N3O6S/c1-30-18-14(20)9-12(10-15(18)21)19(25)23-7-5-22(6-8-23)16-4-3-13(31(2,28)29)11-17(16)24(26)27/h3-4,9-11H,5-8H2,1-2H3. The highest BCUT2D eigenvalue weighted by atomic mass is 35.5. The molecule has 1 heterocycles. The van der Waals surface area contributed by atoms with E-state index in [0.29, 0.717) is 37.4 Å². The van der Waals surface area contributed by atoms with E-state index < -0.39 is 14.8 Å². The van der Waals surface area contributed by atoms with Crippen LogP contribution >= 0.6 is 23.2 Å². The minimum Gasteiger partial charge on any atom is -0.494 e. The number of amides is 1. The number of piperazine rings is 1. The second-order valence-electron chi connectivity index (χ2n) is 6.93. The predicted octanol–water partition coefficient (Wildman–Crippen LogP) is 3.28. The highest BCUT2D eigenvalue weighted by Gasteiger charge is 2.28. The van der Waals surface area contributed by atoms with Crippen LogP contribution in [0.1, 0.15) is 10.4 Å². The topological polar surface area (TPSA) is 110 Å². The second kappa shape index (κ2) is 8.89. The maximum Gasteiger partial charge on any atom is 0.293 e. The number of carbonyl (C=O) groups excluding carboxylic acids is 1. The summed E-state index contributed by atoms with van der Waals surface area (Å²) in [6, 6.07) is 6.79. The van der Waals surface area contributed by atoms with Gasteiger partial charge in [-0.1, -0.05) is 23.2 Å². The number of anilines is 1. The molecule has 0 bridgehead atoms. The third-order valence-electron chi connectivity index (χ3n) is 4.93.